The van der Waals surface area contributed by atoms with Crippen molar-refractivity contribution in [1.82, 2.24) is 9.97 Å². The van der Waals surface area contributed by atoms with Crippen LogP contribution in [0, 0.1) is 6.92 Å². The van der Waals surface area contributed by atoms with Gasteiger partial charge in [-0.1, -0.05) is 0 Å². The molecule has 0 radical (unpaired) electrons. The van der Waals surface area contributed by atoms with E-state index in [2.05, 4.69) is 9.97 Å². The Morgan fingerprint density at radius 3 is 2.74 bits per heavy atom. The molecule has 0 aliphatic carbocycles. The SMILES string of the molecule is Cc1ncsc1CCOc1cc(C(F)(F)F)ccn1. The Kier molecular flexibility index (Phi) is 4.04. The van der Waals surface area contributed by atoms with Crippen molar-refractivity contribution in [3.63, 3.8) is 0 Å². The summed E-state index contributed by atoms with van der Waals surface area (Å²) in [5.74, 6) is -0.0167. The van der Waals surface area contributed by atoms with Gasteiger partial charge < -0.3 is 4.74 Å². The Hall–Kier alpha value is -1.63. The Labute approximate surface area is 112 Å². The molecule has 0 saturated carbocycles. The van der Waals surface area contributed by atoms with E-state index in [1.54, 1.807) is 5.51 Å². The van der Waals surface area contributed by atoms with Gasteiger partial charge in [-0.3, -0.25) is 0 Å². The highest BCUT2D eigenvalue weighted by Crippen LogP contribution is 2.30. The number of aryl methyl sites for hydroxylation is 1. The number of nitrogens with zero attached hydrogens (tertiary/aromatic N) is 2. The lowest BCUT2D eigenvalue weighted by atomic mass is 10.2. The van der Waals surface area contributed by atoms with Gasteiger partial charge in [0.25, 0.3) is 0 Å². The first kappa shape index (κ1) is 13.8. The minimum absolute atomic E-state index is 0.0167. The molecular weight excluding hydrogens is 277 g/mol. The van der Waals surface area contributed by atoms with Crippen LogP contribution in [0.4, 0.5) is 13.2 Å². The van der Waals surface area contributed by atoms with Gasteiger partial charge >= 0.3 is 6.18 Å². The Morgan fingerprint density at radius 1 is 1.32 bits per heavy atom. The molecule has 0 saturated heterocycles. The molecule has 2 rings (SSSR count). The predicted octanol–water partition coefficient (Wildman–Crippen LogP) is 3.49. The molecule has 0 spiro atoms. The van der Waals surface area contributed by atoms with Crippen LogP contribution in [0.5, 0.6) is 5.88 Å². The third-order valence-corrected chi connectivity index (χ3v) is 3.48. The van der Waals surface area contributed by atoms with Crippen LogP contribution in [0.1, 0.15) is 16.1 Å². The van der Waals surface area contributed by atoms with E-state index < -0.39 is 11.7 Å². The predicted molar refractivity (Wildman–Crippen MR) is 65.3 cm³/mol. The van der Waals surface area contributed by atoms with Gasteiger partial charge in [0.15, 0.2) is 0 Å². The molecule has 19 heavy (non-hydrogen) atoms. The lowest BCUT2D eigenvalue weighted by Crippen LogP contribution is -2.07. The number of hydrogen-bond acceptors (Lipinski definition) is 4. The first-order valence-corrected chi connectivity index (χ1v) is 6.40. The second kappa shape index (κ2) is 5.56. The van der Waals surface area contributed by atoms with E-state index in [0.717, 1.165) is 28.9 Å². The van der Waals surface area contributed by atoms with Gasteiger partial charge in [-0.15, -0.1) is 11.3 Å². The van der Waals surface area contributed by atoms with Crippen molar-refractivity contribution in [2.24, 2.45) is 0 Å². The molecule has 102 valence electrons. The van der Waals surface area contributed by atoms with E-state index in [1.165, 1.54) is 11.3 Å². The molecule has 0 N–H and O–H groups in total. The van der Waals surface area contributed by atoms with Crippen LogP contribution in [0.3, 0.4) is 0 Å². The van der Waals surface area contributed by atoms with Gasteiger partial charge in [0.1, 0.15) is 0 Å². The smallest absolute Gasteiger partial charge is 0.416 e. The number of halogens is 3. The number of pyridine rings is 1. The fourth-order valence-corrected chi connectivity index (χ4v) is 2.24. The third kappa shape index (κ3) is 3.66. The average molecular weight is 288 g/mol. The summed E-state index contributed by atoms with van der Waals surface area (Å²) in [6.45, 7) is 2.16. The first-order valence-electron chi connectivity index (χ1n) is 5.52. The van der Waals surface area contributed by atoms with E-state index in [9.17, 15) is 13.2 Å². The fourth-order valence-electron chi connectivity index (χ4n) is 1.48. The summed E-state index contributed by atoms with van der Waals surface area (Å²) in [7, 11) is 0. The van der Waals surface area contributed by atoms with Gasteiger partial charge in [0.2, 0.25) is 5.88 Å². The number of alkyl halides is 3. The zero-order valence-electron chi connectivity index (χ0n) is 10.1. The molecule has 0 aliphatic heterocycles. The number of ether oxygens (including phenoxy) is 1. The summed E-state index contributed by atoms with van der Waals surface area (Å²) in [6.07, 6.45) is -2.68. The maximum Gasteiger partial charge on any atom is 0.416 e. The van der Waals surface area contributed by atoms with Crippen molar-refractivity contribution in [1.29, 1.82) is 0 Å². The van der Waals surface area contributed by atoms with Crippen LogP contribution < -0.4 is 4.74 Å². The van der Waals surface area contributed by atoms with E-state index in [4.69, 9.17) is 4.74 Å². The van der Waals surface area contributed by atoms with E-state index in [-0.39, 0.29) is 12.5 Å². The highest BCUT2D eigenvalue weighted by Gasteiger charge is 2.30. The monoisotopic (exact) mass is 288 g/mol. The third-order valence-electron chi connectivity index (χ3n) is 2.49. The average Bonchev–Trinajstić information content (AvgIpc) is 2.75. The maximum absolute atomic E-state index is 12.5. The fraction of sp³-hybridized carbons (Fsp3) is 0.333. The van der Waals surface area contributed by atoms with Gasteiger partial charge in [-0.05, 0) is 13.0 Å². The second-order valence-electron chi connectivity index (χ2n) is 3.84. The zero-order valence-corrected chi connectivity index (χ0v) is 10.9. The summed E-state index contributed by atoms with van der Waals surface area (Å²) in [4.78, 5) is 8.91. The van der Waals surface area contributed by atoms with E-state index in [0.29, 0.717) is 6.42 Å². The van der Waals surface area contributed by atoms with Crippen molar-refractivity contribution in [2.75, 3.05) is 6.61 Å². The molecule has 7 heteroatoms. The van der Waals surface area contributed by atoms with Crippen molar-refractivity contribution in [3.05, 3.63) is 40.0 Å². The molecule has 0 aromatic carbocycles. The zero-order chi connectivity index (χ0) is 13.9. The molecule has 0 unspecified atom stereocenters. The summed E-state index contributed by atoms with van der Waals surface area (Å²) < 4.78 is 42.7. The maximum atomic E-state index is 12.5. The van der Waals surface area contributed by atoms with Crippen molar-refractivity contribution in [3.8, 4) is 5.88 Å². The molecular formula is C12H11F3N2OS. The standard InChI is InChI=1S/C12H11F3N2OS/c1-8-10(19-7-17-8)3-5-18-11-6-9(2-4-16-11)12(13,14)15/h2,4,6-7H,3,5H2,1H3. The molecule has 2 aromatic heterocycles. The largest absolute Gasteiger partial charge is 0.477 e. The quantitative estimate of drug-likeness (QED) is 0.864. The van der Waals surface area contributed by atoms with Crippen LogP contribution in [0.25, 0.3) is 0 Å². The Bertz CT molecular complexity index is 554. The molecule has 2 heterocycles. The lowest BCUT2D eigenvalue weighted by Gasteiger charge is -2.09. The summed E-state index contributed by atoms with van der Waals surface area (Å²) in [6, 6.07) is 1.82. The van der Waals surface area contributed by atoms with Crippen LogP contribution in [0.2, 0.25) is 0 Å². The summed E-state index contributed by atoms with van der Waals surface area (Å²) in [5, 5.41) is 0. The summed E-state index contributed by atoms with van der Waals surface area (Å²) >= 11 is 1.50. The normalized spacial score (nSPS) is 11.6. The minimum Gasteiger partial charge on any atom is -0.477 e. The molecule has 0 aliphatic rings. The Balaban J connectivity index is 1.95. The molecule has 0 bridgehead atoms. The van der Waals surface area contributed by atoms with Gasteiger partial charge in [0.05, 0.1) is 23.4 Å². The highest BCUT2D eigenvalue weighted by atomic mass is 32.1. The van der Waals surface area contributed by atoms with Gasteiger partial charge in [0, 0.05) is 23.6 Å². The lowest BCUT2D eigenvalue weighted by molar-refractivity contribution is -0.137. The number of aromatic nitrogens is 2. The molecule has 3 nitrogen and oxygen atoms in total. The highest BCUT2D eigenvalue weighted by molar-refractivity contribution is 7.09. The molecule has 2 aromatic rings. The van der Waals surface area contributed by atoms with Crippen LogP contribution in [-0.2, 0) is 12.6 Å². The number of hydrogen-bond donors (Lipinski definition) is 0. The first-order chi connectivity index (χ1) is 8.97. The van der Waals surface area contributed by atoms with Crippen molar-refractivity contribution >= 4 is 11.3 Å². The van der Waals surface area contributed by atoms with Crippen LogP contribution >= 0.6 is 11.3 Å². The van der Waals surface area contributed by atoms with E-state index in [1.807, 2.05) is 6.92 Å². The number of thiazole rings is 1. The van der Waals surface area contributed by atoms with Crippen LogP contribution in [0.15, 0.2) is 23.8 Å². The van der Waals surface area contributed by atoms with Crippen molar-refractivity contribution in [2.45, 2.75) is 19.5 Å². The Morgan fingerprint density at radius 2 is 2.11 bits per heavy atom. The number of rotatable bonds is 4. The molecule has 0 atom stereocenters. The molecule has 0 amide bonds. The van der Waals surface area contributed by atoms with E-state index >= 15 is 0 Å². The van der Waals surface area contributed by atoms with Crippen molar-refractivity contribution < 1.29 is 17.9 Å². The van der Waals surface area contributed by atoms with Crippen LogP contribution in [-0.4, -0.2) is 16.6 Å². The summed E-state index contributed by atoms with van der Waals surface area (Å²) in [5.41, 5.74) is 1.89. The molecule has 0 fully saturated rings. The topological polar surface area (TPSA) is 35.0 Å². The second-order valence-corrected chi connectivity index (χ2v) is 4.78. The van der Waals surface area contributed by atoms with Gasteiger partial charge in [-0.2, -0.15) is 13.2 Å². The minimum atomic E-state index is -4.38. The van der Waals surface area contributed by atoms with Gasteiger partial charge in [-0.25, -0.2) is 9.97 Å².